The molecule has 0 fully saturated rings. The molecule has 3 aromatic rings. The van der Waals surface area contributed by atoms with Crippen molar-refractivity contribution < 1.29 is 4.52 Å². The molecule has 1 aromatic carbocycles. The summed E-state index contributed by atoms with van der Waals surface area (Å²) in [4.78, 5) is 13.1. The highest BCUT2D eigenvalue weighted by Gasteiger charge is 2.16. The lowest BCUT2D eigenvalue weighted by Gasteiger charge is -2.17. The van der Waals surface area contributed by atoms with Crippen molar-refractivity contribution in [3.63, 3.8) is 0 Å². The van der Waals surface area contributed by atoms with Gasteiger partial charge in [-0.1, -0.05) is 23.9 Å². The molecule has 2 aromatic heterocycles. The lowest BCUT2D eigenvalue weighted by molar-refractivity contribution is 0.427. The van der Waals surface area contributed by atoms with E-state index in [0.29, 0.717) is 27.7 Å². The van der Waals surface area contributed by atoms with Crippen LogP contribution in [-0.2, 0) is 7.05 Å². The van der Waals surface area contributed by atoms with Gasteiger partial charge in [-0.05, 0) is 43.4 Å². The first-order valence-corrected chi connectivity index (χ1v) is 9.87. The number of thioether (sulfide) groups is 1. The fraction of sp³-hybridized carbons (Fsp3) is 0.190. The van der Waals surface area contributed by atoms with Gasteiger partial charge >= 0.3 is 0 Å². The predicted octanol–water partition coefficient (Wildman–Crippen LogP) is 4.57. The van der Waals surface area contributed by atoms with Crippen molar-refractivity contribution >= 4 is 23.8 Å². The maximum absolute atomic E-state index is 13.1. The van der Waals surface area contributed by atoms with E-state index in [4.69, 9.17) is 9.93 Å². The fourth-order valence-corrected chi connectivity index (χ4v) is 3.17. The average molecular weight is 395 g/mol. The summed E-state index contributed by atoms with van der Waals surface area (Å²) in [5.74, 6) is 1.19. The molecule has 0 aliphatic heterocycles. The molecule has 0 saturated carbocycles. The highest BCUT2D eigenvalue weighted by atomic mass is 32.2. The van der Waals surface area contributed by atoms with Gasteiger partial charge in [0.2, 0.25) is 0 Å². The Kier molecular flexibility index (Phi) is 5.56. The van der Waals surface area contributed by atoms with E-state index in [1.807, 2.05) is 44.4 Å². The standard InChI is InChI=1S/C21H22N4O2S/c1-12-6-7-15(19-8-13(2)24-27-19)9-17(12)18-10-16(11-22)20(23-14(3)28-5)25(4)21(18)26/h6-11,22-23H,3H2,1-2,4-5H3. The molecule has 0 atom stereocenters. The number of aromatic nitrogens is 2. The number of hydrogen-bond acceptors (Lipinski definition) is 6. The minimum absolute atomic E-state index is 0.156. The lowest BCUT2D eigenvalue weighted by Crippen LogP contribution is -2.23. The van der Waals surface area contributed by atoms with E-state index in [-0.39, 0.29) is 5.56 Å². The molecular weight excluding hydrogens is 372 g/mol. The van der Waals surface area contributed by atoms with Gasteiger partial charge in [-0.15, -0.1) is 11.8 Å². The molecular formula is C21H22N4O2S. The quantitative estimate of drug-likeness (QED) is 0.599. The molecule has 2 N–H and O–H groups in total. The third-order valence-corrected chi connectivity index (χ3v) is 5.14. The molecule has 144 valence electrons. The topological polar surface area (TPSA) is 83.9 Å². The molecule has 0 aliphatic carbocycles. The summed E-state index contributed by atoms with van der Waals surface area (Å²) in [6.45, 7) is 7.72. The van der Waals surface area contributed by atoms with Crippen LogP contribution in [-0.4, -0.2) is 22.2 Å². The van der Waals surface area contributed by atoms with Crippen LogP contribution in [0.2, 0.25) is 0 Å². The van der Waals surface area contributed by atoms with E-state index >= 15 is 0 Å². The van der Waals surface area contributed by atoms with E-state index in [1.54, 1.807) is 13.1 Å². The first kappa shape index (κ1) is 19.7. The molecule has 0 aliphatic rings. The molecule has 6 nitrogen and oxygen atoms in total. The number of rotatable bonds is 6. The molecule has 2 heterocycles. The highest BCUT2D eigenvalue weighted by Crippen LogP contribution is 2.30. The maximum Gasteiger partial charge on any atom is 0.259 e. The Labute approximate surface area is 167 Å². The lowest BCUT2D eigenvalue weighted by atomic mass is 9.97. The molecule has 7 heteroatoms. The van der Waals surface area contributed by atoms with Gasteiger partial charge in [0.25, 0.3) is 5.56 Å². The van der Waals surface area contributed by atoms with Gasteiger partial charge in [-0.2, -0.15) is 0 Å². The Morgan fingerprint density at radius 3 is 2.64 bits per heavy atom. The summed E-state index contributed by atoms with van der Waals surface area (Å²) in [6, 6.07) is 9.42. The number of nitrogens with one attached hydrogen (secondary N) is 2. The summed E-state index contributed by atoms with van der Waals surface area (Å²) in [5.41, 5.74) is 4.37. The minimum Gasteiger partial charge on any atom is -0.356 e. The number of hydrogen-bond donors (Lipinski definition) is 2. The number of nitrogens with zero attached hydrogens (tertiary/aromatic N) is 2. The largest absolute Gasteiger partial charge is 0.356 e. The van der Waals surface area contributed by atoms with Crippen LogP contribution < -0.4 is 10.9 Å². The van der Waals surface area contributed by atoms with Crippen molar-refractivity contribution in [2.75, 3.05) is 11.6 Å². The number of aryl methyl sites for hydroxylation is 2. The zero-order chi connectivity index (χ0) is 20.4. The average Bonchev–Trinajstić information content (AvgIpc) is 3.12. The Bertz CT molecular complexity index is 1130. The molecule has 28 heavy (non-hydrogen) atoms. The van der Waals surface area contributed by atoms with Crippen LogP contribution in [0.3, 0.4) is 0 Å². The van der Waals surface area contributed by atoms with E-state index < -0.39 is 0 Å². The van der Waals surface area contributed by atoms with E-state index in [9.17, 15) is 4.79 Å². The third-order valence-electron chi connectivity index (χ3n) is 4.54. The third kappa shape index (κ3) is 3.66. The Balaban J connectivity index is 2.19. The monoisotopic (exact) mass is 394 g/mol. The van der Waals surface area contributed by atoms with Crippen LogP contribution in [0.4, 0.5) is 5.82 Å². The van der Waals surface area contributed by atoms with E-state index in [2.05, 4.69) is 17.1 Å². The summed E-state index contributed by atoms with van der Waals surface area (Å²) >= 11 is 1.45. The van der Waals surface area contributed by atoms with Crippen LogP contribution in [0.15, 0.2) is 51.3 Å². The maximum atomic E-state index is 13.1. The Morgan fingerprint density at radius 2 is 2.04 bits per heavy atom. The van der Waals surface area contributed by atoms with Gasteiger partial charge in [0.1, 0.15) is 5.82 Å². The first-order chi connectivity index (χ1) is 13.3. The first-order valence-electron chi connectivity index (χ1n) is 8.64. The Hall–Kier alpha value is -3.06. The second-order valence-electron chi connectivity index (χ2n) is 6.49. The molecule has 0 bridgehead atoms. The predicted molar refractivity (Wildman–Crippen MR) is 116 cm³/mol. The molecule has 0 amide bonds. The van der Waals surface area contributed by atoms with Gasteiger partial charge in [0.15, 0.2) is 5.76 Å². The van der Waals surface area contributed by atoms with Crippen molar-refractivity contribution in [1.82, 2.24) is 9.72 Å². The number of benzene rings is 1. The molecule has 0 radical (unpaired) electrons. The van der Waals surface area contributed by atoms with Crippen LogP contribution in [0.5, 0.6) is 0 Å². The summed E-state index contributed by atoms with van der Waals surface area (Å²) < 4.78 is 6.88. The SMILES string of the molecule is C=C(Nc1c(C=N)cc(-c2cc(-c3cc(C)no3)ccc2C)c(=O)n1C)SC. The van der Waals surface area contributed by atoms with Crippen molar-refractivity contribution in [2.24, 2.45) is 7.05 Å². The molecule has 0 saturated heterocycles. The summed E-state index contributed by atoms with van der Waals surface area (Å²) in [7, 11) is 1.69. The zero-order valence-corrected chi connectivity index (χ0v) is 17.1. The summed E-state index contributed by atoms with van der Waals surface area (Å²) in [5, 5.41) is 15.5. The van der Waals surface area contributed by atoms with Gasteiger partial charge in [-0.3, -0.25) is 9.36 Å². The normalized spacial score (nSPS) is 10.7. The second-order valence-corrected chi connectivity index (χ2v) is 7.39. The van der Waals surface area contributed by atoms with Crippen LogP contribution in [0.25, 0.3) is 22.5 Å². The Morgan fingerprint density at radius 1 is 1.29 bits per heavy atom. The zero-order valence-electron chi connectivity index (χ0n) is 16.3. The highest BCUT2D eigenvalue weighted by molar-refractivity contribution is 8.02. The van der Waals surface area contributed by atoms with Crippen LogP contribution in [0, 0.1) is 19.3 Å². The van der Waals surface area contributed by atoms with E-state index in [1.165, 1.54) is 22.5 Å². The van der Waals surface area contributed by atoms with Crippen molar-refractivity contribution in [1.29, 1.82) is 5.41 Å². The van der Waals surface area contributed by atoms with Crippen molar-refractivity contribution in [3.05, 3.63) is 69.1 Å². The number of anilines is 1. The van der Waals surface area contributed by atoms with Crippen LogP contribution in [0.1, 0.15) is 16.8 Å². The van der Waals surface area contributed by atoms with Crippen molar-refractivity contribution in [2.45, 2.75) is 13.8 Å². The minimum atomic E-state index is -0.156. The van der Waals surface area contributed by atoms with Gasteiger partial charge in [-0.25, -0.2) is 0 Å². The summed E-state index contributed by atoms with van der Waals surface area (Å²) in [6.07, 6.45) is 3.13. The fourth-order valence-electron chi connectivity index (χ4n) is 2.97. The van der Waals surface area contributed by atoms with Crippen molar-refractivity contribution in [3.8, 4) is 22.5 Å². The van der Waals surface area contributed by atoms with E-state index in [0.717, 1.165) is 22.4 Å². The molecule has 0 spiro atoms. The molecule has 0 unspecified atom stereocenters. The molecule has 3 rings (SSSR count). The van der Waals surface area contributed by atoms with Gasteiger partial charge in [0, 0.05) is 36.0 Å². The second kappa shape index (κ2) is 7.90. The van der Waals surface area contributed by atoms with Gasteiger partial charge in [0.05, 0.1) is 10.7 Å². The smallest absolute Gasteiger partial charge is 0.259 e. The van der Waals surface area contributed by atoms with Crippen LogP contribution >= 0.6 is 11.8 Å². The number of pyridine rings is 1. The van der Waals surface area contributed by atoms with Gasteiger partial charge < -0.3 is 15.2 Å².